The van der Waals surface area contributed by atoms with Gasteiger partial charge in [0.1, 0.15) is 23.1 Å². The van der Waals surface area contributed by atoms with Crippen LogP contribution in [-0.4, -0.2) is 84.2 Å². The highest BCUT2D eigenvalue weighted by atomic mass is 35.5. The van der Waals surface area contributed by atoms with E-state index in [0.717, 1.165) is 78.2 Å². The standard InChI is InChI=1S/C10H10N2O.C10H10N2.C9H11NO2.C9H11N.C8H8N2O.C8H11NO3S.2C8H9NO.2C8H11N.C8H10O.C7H8ClN.C7H7Cl.C7H9NO2S/c1-7-3-2-4-8(5-7)9-6-10(13)12-11-9;1-7-2-3-8-4-5-12-10(11)9(8)6-7;1-6-3-4-7(12-2)5-8(6)9(10)11;1-7-2-3-8-4-5-10-9(8)6-7;1-5-2-3-7-6(4-5)8(9)10-11-7;1-6-3-4-7(12-2)5-8(6)13(9,10)11;1-6-3-2-4-7(5-6)8(9)10;1-6-4-2-3-5-7(6)8(9)10;1-7-3-2-4-8(5-7)6-9;1-7-4-2-3-5-8(7)6-9;1-7-3-5-8(9-2)6-4-7;1-5-2-3-6(8)7(9)4-5;1-6-3-2-4-7(8)5-6;1-6-4-2-3-5-7(6)11(8,9)10/h2-5H,6H2,1H3,(H,12,13);2-6H,1H3,(H2,11,12);3-5H,1-2H3,(H2,10,11);2-3,6,10H,4-5H2,1H3;2-4H,1H3,(H2,9,10);3-5H,1-2H3,(H2,9,10,11);2*2-5H,1H3,(H2,9,10);2*2-5H,6,9H2,1H3;3-6H,1-2H3;2-4H,9H2,1H3;2-5H,1H3;2-5H,1H3,(H2,8,9,10). The third-order valence-corrected chi connectivity index (χ3v) is 24.0. The fraction of sp³-hybridized carbons (Fsp3) is 0.191. The third kappa shape index (κ3) is 44.1. The zero-order chi connectivity index (χ0) is 108. The SMILES string of the molecule is COc1ccc(C)c(C(N)=O)c1.COc1ccc(C)c(S(N)(=O)=O)c1.COc1ccc(C)cc1.Cc1ccc(Cl)c(N)c1.Cc1ccc2c(c1)NCC2.Cc1ccc2ccnc(N)c2c1.Cc1ccc2onc(N)c2c1.Cc1cccc(C(N)=O)c1.Cc1cccc(C2=NNC(=O)C2)c1.Cc1cccc(CN)c1.Cc1cccc(Cl)c1.Cc1ccccc1C(N)=O.Cc1ccccc1CN.Cc1ccccc1S(N)(=O)=O. The zero-order valence-electron chi connectivity index (χ0n) is 85.6. The second kappa shape index (κ2) is 62.1. The summed E-state index contributed by atoms with van der Waals surface area (Å²) in [6.45, 7) is 29.8. The molecule has 0 saturated carbocycles. The highest BCUT2D eigenvalue weighted by Crippen LogP contribution is 2.27. The number of primary amides is 3. The number of aryl methyl sites for hydroxylation is 14. The number of pyridine rings is 1. The van der Waals surface area contributed by atoms with Crippen molar-refractivity contribution >= 4 is 117 Å². The van der Waals surface area contributed by atoms with E-state index in [1.807, 2.05) is 213 Å². The van der Waals surface area contributed by atoms with E-state index < -0.39 is 26.0 Å². The molecule has 2 aliphatic rings. The number of carbonyl (C=O) groups excluding carboxylic acids is 4. The second-order valence-corrected chi connectivity index (χ2v) is 37.5. The van der Waals surface area contributed by atoms with Crippen molar-refractivity contribution in [2.24, 2.45) is 44.0 Å². The molecule has 0 radical (unpaired) electrons. The number of carbonyl (C=O) groups is 4. The Morgan fingerprint density at radius 3 is 1.40 bits per heavy atom. The number of amides is 4. The van der Waals surface area contributed by atoms with Gasteiger partial charge < -0.3 is 69.9 Å². The molecule has 0 fully saturated rings. The number of primary sulfonamides is 2. The lowest BCUT2D eigenvalue weighted by molar-refractivity contribution is -0.119. The summed E-state index contributed by atoms with van der Waals surface area (Å²) in [5.41, 5.74) is 70.6. The molecule has 768 valence electrons. The normalized spacial score (nSPS) is 10.8. The first kappa shape index (κ1) is 121. The number of hydrogen-bond donors (Lipinski definition) is 12. The predicted molar refractivity (Wildman–Crippen MR) is 598 cm³/mol. The number of hydrazone groups is 1. The Labute approximate surface area is 868 Å². The van der Waals surface area contributed by atoms with Gasteiger partial charge in [0.05, 0.1) is 59.3 Å². The quantitative estimate of drug-likeness (QED) is 0.0535. The molecule has 31 heteroatoms. The number of rotatable bonds is 11. The van der Waals surface area contributed by atoms with Gasteiger partial charge >= 0.3 is 0 Å². The lowest BCUT2D eigenvalue weighted by Gasteiger charge is -2.05. The van der Waals surface area contributed by atoms with Crippen LogP contribution in [0.5, 0.6) is 17.2 Å². The number of benzene rings is 14. The molecule has 14 aromatic carbocycles. The minimum Gasteiger partial charge on any atom is -0.497 e. The monoisotopic (exact) mass is 2050 g/mol. The molecule has 27 nitrogen and oxygen atoms in total. The molecule has 146 heavy (non-hydrogen) atoms. The number of nitrogen functional groups attached to an aromatic ring is 3. The minimum atomic E-state index is -3.65. The van der Waals surface area contributed by atoms with Gasteiger partial charge in [0.15, 0.2) is 11.4 Å². The van der Waals surface area contributed by atoms with Gasteiger partial charge in [0.25, 0.3) is 0 Å². The molecule has 4 heterocycles. The molecular weight excluding hydrogens is 1920 g/mol. The van der Waals surface area contributed by atoms with Crippen molar-refractivity contribution in [3.8, 4) is 17.2 Å². The maximum Gasteiger partial charge on any atom is 0.249 e. The summed E-state index contributed by atoms with van der Waals surface area (Å²) in [4.78, 5) is 47.3. The van der Waals surface area contributed by atoms with Gasteiger partial charge in [-0.05, 0) is 285 Å². The molecule has 0 aliphatic carbocycles. The number of fused-ring (bicyclic) bond motifs is 3. The van der Waals surface area contributed by atoms with Crippen LogP contribution in [0.15, 0.2) is 335 Å². The van der Waals surface area contributed by atoms with E-state index in [0.29, 0.717) is 81.2 Å². The highest BCUT2D eigenvalue weighted by Gasteiger charge is 2.17. The maximum atomic E-state index is 11.0. The molecule has 0 unspecified atom stereocenters. The average molecular weight is 2050 g/mol. The van der Waals surface area contributed by atoms with E-state index in [-0.39, 0.29) is 27.5 Å². The van der Waals surface area contributed by atoms with Crippen molar-refractivity contribution in [3.63, 3.8) is 0 Å². The Morgan fingerprint density at radius 1 is 0.418 bits per heavy atom. The van der Waals surface area contributed by atoms with E-state index in [1.54, 1.807) is 113 Å². The van der Waals surface area contributed by atoms with Crippen molar-refractivity contribution in [2.75, 3.05) is 50.4 Å². The minimum absolute atomic E-state index is 0.0310. The van der Waals surface area contributed by atoms with Gasteiger partial charge in [-0.1, -0.05) is 256 Å². The summed E-state index contributed by atoms with van der Waals surface area (Å²) in [6.07, 6.45) is 3.31. The van der Waals surface area contributed by atoms with Crippen molar-refractivity contribution in [2.45, 2.75) is 133 Å². The third-order valence-electron chi connectivity index (χ3n) is 21.3. The number of hydrogen-bond acceptors (Lipinski definition) is 21. The molecule has 4 amide bonds. The van der Waals surface area contributed by atoms with Gasteiger partial charge in [-0.25, -0.2) is 37.5 Å². The topological polar surface area (TPSA) is 500 Å². The fourth-order valence-corrected chi connectivity index (χ4v) is 15.2. The Morgan fingerprint density at radius 2 is 0.911 bits per heavy atom. The number of methoxy groups -OCH3 is 3. The van der Waals surface area contributed by atoms with Gasteiger partial charge in [-0.3, -0.25) is 19.2 Å². The van der Waals surface area contributed by atoms with E-state index >= 15 is 0 Å². The Balaban J connectivity index is 0.000000277. The van der Waals surface area contributed by atoms with Crippen LogP contribution in [-0.2, 0) is 44.4 Å². The number of anilines is 4. The molecule has 16 aromatic rings. The van der Waals surface area contributed by atoms with Crippen LogP contribution in [0.3, 0.4) is 0 Å². The Hall–Kier alpha value is -15.6. The molecule has 0 bridgehead atoms. The first-order valence-corrected chi connectivity index (χ1v) is 49.8. The maximum absolute atomic E-state index is 11.0. The van der Waals surface area contributed by atoms with Gasteiger partial charge in [-0.2, -0.15) is 5.10 Å². The van der Waals surface area contributed by atoms with E-state index in [1.165, 1.54) is 87.0 Å². The molecule has 0 spiro atoms. The van der Waals surface area contributed by atoms with Crippen LogP contribution >= 0.6 is 23.2 Å². The molecule has 18 rings (SSSR count). The average Bonchev–Trinajstić information content (AvgIpc) is 1.38. The molecule has 2 aromatic heterocycles. The van der Waals surface area contributed by atoms with Crippen molar-refractivity contribution < 1.29 is 54.7 Å². The summed E-state index contributed by atoms with van der Waals surface area (Å²) < 4.78 is 63.5. The molecule has 22 N–H and O–H groups in total. The van der Waals surface area contributed by atoms with Crippen molar-refractivity contribution in [1.82, 2.24) is 15.6 Å². The number of ether oxygens (including phenoxy) is 3. The predicted octanol–water partition coefficient (Wildman–Crippen LogP) is 21.4. The zero-order valence-corrected chi connectivity index (χ0v) is 88.8. The number of halogens is 2. The van der Waals surface area contributed by atoms with Crippen LogP contribution in [0.4, 0.5) is 23.0 Å². The number of aromatic nitrogens is 2. The van der Waals surface area contributed by atoms with Crippen LogP contribution in [0.1, 0.15) is 138 Å². The summed E-state index contributed by atoms with van der Waals surface area (Å²) >= 11 is 11.3. The van der Waals surface area contributed by atoms with Gasteiger partial charge in [-0.15, -0.1) is 0 Å². The first-order valence-electron chi connectivity index (χ1n) is 45.9. The molecular formula is C115H135Cl2N15O12S2. The van der Waals surface area contributed by atoms with Crippen LogP contribution in [0, 0.1) is 96.9 Å². The molecule has 0 saturated heterocycles. The van der Waals surface area contributed by atoms with Crippen molar-refractivity contribution in [1.29, 1.82) is 0 Å². The number of sulfonamides is 2. The highest BCUT2D eigenvalue weighted by molar-refractivity contribution is 7.89. The van der Waals surface area contributed by atoms with Crippen LogP contribution < -0.4 is 81.1 Å². The van der Waals surface area contributed by atoms with Crippen LogP contribution in [0.25, 0.3) is 21.7 Å². The first-order chi connectivity index (χ1) is 69.2. The molecule has 0 atom stereocenters. The number of nitrogens with one attached hydrogen (secondary N) is 2. The van der Waals surface area contributed by atoms with Gasteiger partial charge in [0, 0.05) is 64.7 Å². The summed E-state index contributed by atoms with van der Waals surface area (Å²) in [6, 6.07) is 97.3. The number of nitrogens with two attached hydrogens (primary N) is 10. The smallest absolute Gasteiger partial charge is 0.249 e. The van der Waals surface area contributed by atoms with Crippen molar-refractivity contribution in [3.05, 3.63) is 442 Å². The van der Waals surface area contributed by atoms with E-state index in [4.69, 9.17) is 98.1 Å². The Bertz CT molecular complexity index is 7220. The lowest BCUT2D eigenvalue weighted by Crippen LogP contribution is -2.13. The van der Waals surface area contributed by atoms with E-state index in [2.05, 4.69) is 114 Å². The lowest BCUT2D eigenvalue weighted by atomic mass is 10.1. The number of nitrogens with zero attached hydrogens (tertiary/aromatic N) is 3. The van der Waals surface area contributed by atoms with Crippen LogP contribution in [0.2, 0.25) is 10.0 Å². The molecule has 2 aliphatic heterocycles. The second-order valence-electron chi connectivity index (χ2n) is 33.6. The fourth-order valence-electron chi connectivity index (χ4n) is 13.3. The van der Waals surface area contributed by atoms with Gasteiger partial charge in [0.2, 0.25) is 43.7 Å². The van der Waals surface area contributed by atoms with E-state index in [9.17, 15) is 36.0 Å². The summed E-state index contributed by atoms with van der Waals surface area (Å²) in [5.74, 6) is 1.93. The summed E-state index contributed by atoms with van der Waals surface area (Å²) in [5, 5.41) is 25.4. The summed E-state index contributed by atoms with van der Waals surface area (Å²) in [7, 11) is -2.49. The largest absolute Gasteiger partial charge is 0.497 e. The Kier molecular flexibility index (Phi) is 51.4.